The maximum Gasteiger partial charge on any atom is 0.136 e. The average Bonchev–Trinajstić information content (AvgIpc) is 2.31. The van der Waals surface area contributed by atoms with Gasteiger partial charge in [0.05, 0.1) is 11.5 Å². The third-order valence-electron chi connectivity index (χ3n) is 2.47. The number of hydrogen-bond acceptors (Lipinski definition) is 4. The summed E-state index contributed by atoms with van der Waals surface area (Å²) in [5, 5.41) is 13.1. The highest BCUT2D eigenvalue weighted by molar-refractivity contribution is 5.99. The number of rotatable bonds is 3. The van der Waals surface area contributed by atoms with Crippen molar-refractivity contribution in [2.45, 2.75) is 13.0 Å². The monoisotopic (exact) mass is 235 g/mol. The second-order valence-electron chi connectivity index (χ2n) is 3.95. The van der Waals surface area contributed by atoms with Gasteiger partial charge in [-0.15, -0.1) is 0 Å². The maximum absolute atomic E-state index is 13.8. The van der Waals surface area contributed by atoms with Crippen molar-refractivity contribution in [1.29, 1.82) is 0 Å². The molecular weight excluding hydrogens is 221 g/mol. The maximum atomic E-state index is 13.8. The molecule has 0 aliphatic carbocycles. The number of aliphatic hydroxyl groups is 1. The van der Waals surface area contributed by atoms with Crippen LogP contribution in [0.2, 0.25) is 0 Å². The molecule has 4 N–H and O–H groups in total. The minimum absolute atomic E-state index is 0.306. The third kappa shape index (κ3) is 2.29. The van der Waals surface area contributed by atoms with Gasteiger partial charge in [0.15, 0.2) is 0 Å². The molecule has 1 atom stereocenters. The van der Waals surface area contributed by atoms with Crippen LogP contribution in [0, 0.1) is 5.82 Å². The van der Waals surface area contributed by atoms with Crippen LogP contribution in [-0.2, 0) is 0 Å². The van der Waals surface area contributed by atoms with Gasteiger partial charge in [-0.1, -0.05) is 0 Å². The van der Waals surface area contributed by atoms with Crippen LogP contribution in [0.4, 0.5) is 15.9 Å². The van der Waals surface area contributed by atoms with E-state index in [1.165, 1.54) is 12.1 Å². The van der Waals surface area contributed by atoms with E-state index in [0.29, 0.717) is 28.8 Å². The Bertz CT molecular complexity index is 543. The molecule has 4 nitrogen and oxygen atoms in total. The highest BCUT2D eigenvalue weighted by Crippen LogP contribution is 2.28. The fraction of sp³-hybridized carbons (Fsp3) is 0.250. The molecule has 1 aromatic heterocycles. The largest absolute Gasteiger partial charge is 0.398 e. The summed E-state index contributed by atoms with van der Waals surface area (Å²) in [5.74, 6) is 0.0172. The second kappa shape index (κ2) is 4.55. The SMILES string of the molecule is CC(O)CNc1nccc2c(N)ccc(F)c12. The Labute approximate surface area is 98.3 Å². The van der Waals surface area contributed by atoms with Gasteiger partial charge in [0, 0.05) is 23.8 Å². The molecule has 2 aromatic rings. The first kappa shape index (κ1) is 11.6. The lowest BCUT2D eigenvalue weighted by Crippen LogP contribution is -2.16. The van der Waals surface area contributed by atoms with Gasteiger partial charge in [-0.05, 0) is 25.1 Å². The van der Waals surface area contributed by atoms with Crippen LogP contribution in [0.3, 0.4) is 0 Å². The molecule has 0 bridgehead atoms. The Kier molecular flexibility index (Phi) is 3.10. The number of nitrogens with zero attached hydrogens (tertiary/aromatic N) is 1. The van der Waals surface area contributed by atoms with Crippen molar-refractivity contribution in [3.8, 4) is 0 Å². The Morgan fingerprint density at radius 1 is 1.47 bits per heavy atom. The Hall–Kier alpha value is -1.88. The van der Waals surface area contributed by atoms with E-state index in [-0.39, 0.29) is 5.82 Å². The molecule has 1 aromatic carbocycles. The smallest absolute Gasteiger partial charge is 0.136 e. The normalized spacial score (nSPS) is 12.6. The van der Waals surface area contributed by atoms with Crippen molar-refractivity contribution in [1.82, 2.24) is 4.98 Å². The van der Waals surface area contributed by atoms with Crippen LogP contribution < -0.4 is 11.1 Å². The summed E-state index contributed by atoms with van der Waals surface area (Å²) in [7, 11) is 0. The van der Waals surface area contributed by atoms with Crippen LogP contribution in [0.5, 0.6) is 0 Å². The summed E-state index contributed by atoms with van der Waals surface area (Å²) in [6.45, 7) is 1.95. The van der Waals surface area contributed by atoms with E-state index in [4.69, 9.17) is 5.73 Å². The zero-order chi connectivity index (χ0) is 12.4. The fourth-order valence-corrected chi connectivity index (χ4v) is 1.66. The van der Waals surface area contributed by atoms with E-state index in [1.54, 1.807) is 19.2 Å². The highest BCUT2D eigenvalue weighted by atomic mass is 19.1. The molecule has 0 saturated carbocycles. The lowest BCUT2D eigenvalue weighted by molar-refractivity contribution is 0.208. The summed E-state index contributed by atoms with van der Waals surface area (Å²) >= 11 is 0. The lowest BCUT2D eigenvalue weighted by Gasteiger charge is -2.11. The average molecular weight is 235 g/mol. The third-order valence-corrected chi connectivity index (χ3v) is 2.47. The molecule has 0 spiro atoms. The summed E-state index contributed by atoms with van der Waals surface area (Å²) in [6, 6.07) is 4.50. The number of aliphatic hydroxyl groups excluding tert-OH is 1. The summed E-state index contributed by atoms with van der Waals surface area (Å²) in [5.41, 5.74) is 6.28. The fourth-order valence-electron chi connectivity index (χ4n) is 1.66. The molecular formula is C12H14FN3O. The molecule has 1 unspecified atom stereocenters. The molecule has 1 heterocycles. The van der Waals surface area contributed by atoms with Crippen molar-refractivity contribution < 1.29 is 9.50 Å². The number of hydrogen-bond donors (Lipinski definition) is 3. The first-order chi connectivity index (χ1) is 8.09. The van der Waals surface area contributed by atoms with E-state index >= 15 is 0 Å². The molecule has 2 rings (SSSR count). The van der Waals surface area contributed by atoms with Crippen LogP contribution in [-0.4, -0.2) is 22.7 Å². The second-order valence-corrected chi connectivity index (χ2v) is 3.95. The van der Waals surface area contributed by atoms with Gasteiger partial charge in [-0.2, -0.15) is 0 Å². The first-order valence-corrected chi connectivity index (χ1v) is 5.34. The Balaban J connectivity index is 2.52. The standard InChI is InChI=1S/C12H14FN3O/c1-7(17)6-16-12-11-8(4-5-15-12)10(14)3-2-9(11)13/h2-5,7,17H,6,14H2,1H3,(H,15,16). The number of anilines is 2. The van der Waals surface area contributed by atoms with E-state index < -0.39 is 6.10 Å². The summed E-state index contributed by atoms with van der Waals surface area (Å²) in [6.07, 6.45) is 1.03. The summed E-state index contributed by atoms with van der Waals surface area (Å²) in [4.78, 5) is 4.06. The molecule has 90 valence electrons. The van der Waals surface area contributed by atoms with Crippen LogP contribution in [0.1, 0.15) is 6.92 Å². The van der Waals surface area contributed by atoms with Gasteiger partial charge < -0.3 is 16.2 Å². The lowest BCUT2D eigenvalue weighted by atomic mass is 10.1. The van der Waals surface area contributed by atoms with Crippen molar-refractivity contribution in [2.75, 3.05) is 17.6 Å². The van der Waals surface area contributed by atoms with Gasteiger partial charge in [0.25, 0.3) is 0 Å². The first-order valence-electron chi connectivity index (χ1n) is 5.34. The molecule has 5 heteroatoms. The molecule has 0 aliphatic rings. The van der Waals surface area contributed by atoms with E-state index in [9.17, 15) is 9.50 Å². The molecule has 0 radical (unpaired) electrons. The number of nitrogens with one attached hydrogen (secondary N) is 1. The van der Waals surface area contributed by atoms with Crippen molar-refractivity contribution >= 4 is 22.3 Å². The van der Waals surface area contributed by atoms with E-state index in [0.717, 1.165) is 0 Å². The number of nitrogen functional groups attached to an aromatic ring is 1. The van der Waals surface area contributed by atoms with Gasteiger partial charge in [0.2, 0.25) is 0 Å². The van der Waals surface area contributed by atoms with Crippen molar-refractivity contribution in [2.24, 2.45) is 0 Å². The number of pyridine rings is 1. The minimum atomic E-state index is -0.531. The van der Waals surface area contributed by atoms with Crippen LogP contribution in [0.15, 0.2) is 24.4 Å². The van der Waals surface area contributed by atoms with Crippen molar-refractivity contribution in [3.05, 3.63) is 30.2 Å². The number of benzene rings is 1. The Morgan fingerprint density at radius 2 is 2.24 bits per heavy atom. The molecule has 0 saturated heterocycles. The zero-order valence-electron chi connectivity index (χ0n) is 9.44. The van der Waals surface area contributed by atoms with Gasteiger partial charge >= 0.3 is 0 Å². The zero-order valence-corrected chi connectivity index (χ0v) is 9.44. The quantitative estimate of drug-likeness (QED) is 0.709. The Morgan fingerprint density at radius 3 is 2.94 bits per heavy atom. The van der Waals surface area contributed by atoms with Gasteiger partial charge in [0.1, 0.15) is 11.6 Å². The number of aromatic nitrogens is 1. The predicted molar refractivity (Wildman–Crippen MR) is 66.3 cm³/mol. The molecule has 0 amide bonds. The predicted octanol–water partition coefficient (Wildman–Crippen LogP) is 1.75. The topological polar surface area (TPSA) is 71.2 Å². The number of nitrogens with two attached hydrogens (primary N) is 1. The van der Waals surface area contributed by atoms with E-state index in [2.05, 4.69) is 10.3 Å². The number of halogens is 1. The van der Waals surface area contributed by atoms with Gasteiger partial charge in [-0.25, -0.2) is 9.37 Å². The highest BCUT2D eigenvalue weighted by Gasteiger charge is 2.10. The van der Waals surface area contributed by atoms with Crippen LogP contribution in [0.25, 0.3) is 10.8 Å². The molecule has 17 heavy (non-hydrogen) atoms. The van der Waals surface area contributed by atoms with Crippen LogP contribution >= 0.6 is 0 Å². The summed E-state index contributed by atoms with van der Waals surface area (Å²) < 4.78 is 13.8. The number of fused-ring (bicyclic) bond motifs is 1. The van der Waals surface area contributed by atoms with Crippen molar-refractivity contribution in [3.63, 3.8) is 0 Å². The molecule has 0 aliphatic heterocycles. The minimum Gasteiger partial charge on any atom is -0.398 e. The molecule has 0 fully saturated rings. The van der Waals surface area contributed by atoms with Gasteiger partial charge in [-0.3, -0.25) is 0 Å². The van der Waals surface area contributed by atoms with E-state index in [1.807, 2.05) is 0 Å².